The Kier molecular flexibility index (Phi) is 11.4. The first-order valence-electron chi connectivity index (χ1n) is 14.5. The van der Waals surface area contributed by atoms with E-state index < -0.39 is 0 Å². The molecule has 0 saturated heterocycles. The van der Waals surface area contributed by atoms with Gasteiger partial charge < -0.3 is 4.74 Å². The lowest BCUT2D eigenvalue weighted by Gasteiger charge is -2.20. The van der Waals surface area contributed by atoms with Crippen molar-refractivity contribution in [2.24, 2.45) is 0 Å². The number of hydrogen-bond acceptors (Lipinski definition) is 6. The molecule has 0 aliphatic rings. The molecule has 0 N–H and O–H groups in total. The van der Waals surface area contributed by atoms with E-state index in [-0.39, 0.29) is 18.4 Å². The number of nitrogens with zero attached hydrogens (tertiary/aromatic N) is 3. The van der Waals surface area contributed by atoms with Crippen LogP contribution in [0.3, 0.4) is 0 Å². The number of aryl methyl sites for hydroxylation is 1. The SMILES string of the molecule is Cc1ccc2c(c1)c(CC(=O)CCCCCCCN(COC=O)Cc1ccccn1)c(C)n2C(=O)c1ccc(Cl)cc1. The Hall–Kier alpha value is -3.81. The first kappa shape index (κ1) is 31.1. The molecule has 7 nitrogen and oxygen atoms in total. The quantitative estimate of drug-likeness (QED) is 0.0791. The summed E-state index contributed by atoms with van der Waals surface area (Å²) < 4.78 is 6.70. The zero-order valence-electron chi connectivity index (χ0n) is 24.4. The minimum Gasteiger partial charge on any atom is -0.452 e. The second-order valence-corrected chi connectivity index (χ2v) is 11.2. The molecule has 4 rings (SSSR count). The summed E-state index contributed by atoms with van der Waals surface area (Å²) in [5, 5.41) is 1.53. The van der Waals surface area contributed by atoms with Crippen molar-refractivity contribution in [2.75, 3.05) is 13.3 Å². The van der Waals surface area contributed by atoms with Gasteiger partial charge in [-0.3, -0.25) is 28.8 Å². The van der Waals surface area contributed by atoms with E-state index in [0.717, 1.165) is 72.1 Å². The van der Waals surface area contributed by atoms with Crippen LogP contribution in [0.4, 0.5) is 0 Å². The lowest BCUT2D eigenvalue weighted by Crippen LogP contribution is -2.27. The minimum absolute atomic E-state index is 0.131. The largest absolute Gasteiger partial charge is 0.452 e. The van der Waals surface area contributed by atoms with Crippen molar-refractivity contribution < 1.29 is 19.1 Å². The molecule has 0 unspecified atom stereocenters. The predicted molar refractivity (Wildman–Crippen MR) is 166 cm³/mol. The van der Waals surface area contributed by atoms with Crippen LogP contribution in [0.1, 0.15) is 71.4 Å². The van der Waals surface area contributed by atoms with Crippen LogP contribution >= 0.6 is 11.6 Å². The molecule has 0 fully saturated rings. The number of carbonyl (C=O) groups excluding carboxylic acids is 3. The average Bonchev–Trinajstić information content (AvgIpc) is 3.25. The van der Waals surface area contributed by atoms with Gasteiger partial charge in [-0.25, -0.2) is 0 Å². The van der Waals surface area contributed by atoms with Gasteiger partial charge in [-0.05, 0) is 80.8 Å². The summed E-state index contributed by atoms with van der Waals surface area (Å²) >= 11 is 6.03. The highest BCUT2D eigenvalue weighted by atomic mass is 35.5. The number of rotatable bonds is 16. The van der Waals surface area contributed by atoms with E-state index in [2.05, 4.69) is 16.0 Å². The van der Waals surface area contributed by atoms with Crippen molar-refractivity contribution in [3.63, 3.8) is 0 Å². The molecule has 0 spiro atoms. The number of fused-ring (bicyclic) bond motifs is 1. The van der Waals surface area contributed by atoms with E-state index in [1.54, 1.807) is 35.0 Å². The highest BCUT2D eigenvalue weighted by Gasteiger charge is 2.21. The number of Topliss-reactive ketones (excluding diaryl/α,β-unsaturated/α-hetero) is 1. The first-order valence-corrected chi connectivity index (χ1v) is 14.8. The van der Waals surface area contributed by atoms with Gasteiger partial charge in [0, 0.05) is 53.8 Å². The number of halogens is 1. The Morgan fingerprint density at radius 1 is 0.976 bits per heavy atom. The van der Waals surface area contributed by atoms with Crippen molar-refractivity contribution in [3.8, 4) is 0 Å². The summed E-state index contributed by atoms with van der Waals surface area (Å²) in [5.74, 6) is 0.0539. The number of carbonyl (C=O) groups is 3. The Morgan fingerprint density at radius 2 is 1.74 bits per heavy atom. The Bertz CT molecular complexity index is 1500. The number of hydrogen-bond donors (Lipinski definition) is 0. The third kappa shape index (κ3) is 8.37. The molecule has 2 heterocycles. The molecule has 4 aromatic rings. The van der Waals surface area contributed by atoms with Gasteiger partial charge in [-0.2, -0.15) is 0 Å². The molecule has 0 aliphatic carbocycles. The first-order chi connectivity index (χ1) is 20.4. The molecular formula is C34H38ClN3O4. The lowest BCUT2D eigenvalue weighted by atomic mass is 10.0. The molecule has 42 heavy (non-hydrogen) atoms. The number of ketones is 1. The third-order valence-corrected chi connectivity index (χ3v) is 7.78. The van der Waals surface area contributed by atoms with Gasteiger partial charge >= 0.3 is 0 Å². The topological polar surface area (TPSA) is 81.5 Å². The molecule has 0 saturated carbocycles. The van der Waals surface area contributed by atoms with Gasteiger partial charge in [0.25, 0.3) is 12.4 Å². The van der Waals surface area contributed by atoms with E-state index in [0.29, 0.717) is 36.4 Å². The summed E-state index contributed by atoms with van der Waals surface area (Å²) in [4.78, 5) is 43.6. The standard InChI is InChI=1S/C34H38ClN3O4/c1-25-12-17-33-32(20-25)31(26(2)38(33)34(41)27-13-15-28(35)16-14-27)21-30(40)11-6-4-3-5-9-19-37(23-42-24-39)22-29-10-7-8-18-36-29/h7-8,10,12-18,20,24H,3-6,9,11,19,21-23H2,1-2H3. The van der Waals surface area contributed by atoms with Crippen LogP contribution in [0.5, 0.6) is 0 Å². The molecule has 2 aromatic heterocycles. The Balaban J connectivity index is 1.28. The van der Waals surface area contributed by atoms with Gasteiger partial charge in [-0.1, -0.05) is 48.6 Å². The average molecular weight is 588 g/mol. The molecule has 0 bridgehead atoms. The fourth-order valence-electron chi connectivity index (χ4n) is 5.32. The normalized spacial score (nSPS) is 11.2. The summed E-state index contributed by atoms with van der Waals surface area (Å²) in [7, 11) is 0. The van der Waals surface area contributed by atoms with Gasteiger partial charge in [0.15, 0.2) is 0 Å². The van der Waals surface area contributed by atoms with Crippen LogP contribution in [0, 0.1) is 13.8 Å². The van der Waals surface area contributed by atoms with Crippen molar-refractivity contribution in [3.05, 3.63) is 100.0 Å². The van der Waals surface area contributed by atoms with Crippen LogP contribution in [-0.4, -0.2) is 45.9 Å². The minimum atomic E-state index is -0.131. The molecule has 220 valence electrons. The van der Waals surface area contributed by atoms with E-state index >= 15 is 0 Å². The zero-order valence-corrected chi connectivity index (χ0v) is 25.1. The molecule has 8 heteroatoms. The van der Waals surface area contributed by atoms with Crippen molar-refractivity contribution in [1.29, 1.82) is 0 Å². The highest BCUT2D eigenvalue weighted by Crippen LogP contribution is 2.29. The maximum atomic E-state index is 13.5. The number of ether oxygens (including phenoxy) is 1. The Morgan fingerprint density at radius 3 is 2.48 bits per heavy atom. The van der Waals surface area contributed by atoms with Crippen molar-refractivity contribution in [2.45, 2.75) is 65.3 Å². The third-order valence-electron chi connectivity index (χ3n) is 7.53. The monoisotopic (exact) mass is 587 g/mol. The number of aromatic nitrogens is 2. The predicted octanol–water partition coefficient (Wildman–Crippen LogP) is 7.08. The van der Waals surface area contributed by atoms with Crippen LogP contribution < -0.4 is 0 Å². The smallest absolute Gasteiger partial charge is 0.294 e. The molecule has 0 amide bonds. The second kappa shape index (κ2) is 15.4. The summed E-state index contributed by atoms with van der Waals surface area (Å²) in [6, 6.07) is 18.7. The Labute approximate surface area is 252 Å². The lowest BCUT2D eigenvalue weighted by molar-refractivity contribution is -0.133. The van der Waals surface area contributed by atoms with E-state index in [1.165, 1.54) is 0 Å². The molecule has 2 aromatic carbocycles. The molecule has 0 atom stereocenters. The zero-order chi connectivity index (χ0) is 29.9. The van der Waals surface area contributed by atoms with Gasteiger partial charge in [0.1, 0.15) is 12.5 Å². The maximum Gasteiger partial charge on any atom is 0.294 e. The van der Waals surface area contributed by atoms with Gasteiger partial charge in [-0.15, -0.1) is 0 Å². The van der Waals surface area contributed by atoms with Crippen LogP contribution in [0.15, 0.2) is 66.9 Å². The van der Waals surface area contributed by atoms with Gasteiger partial charge in [0.05, 0.1) is 11.2 Å². The van der Waals surface area contributed by atoms with Crippen LogP contribution in [0.2, 0.25) is 5.02 Å². The summed E-state index contributed by atoms with van der Waals surface area (Å²) in [5.41, 5.74) is 5.12. The number of benzene rings is 2. The fourth-order valence-corrected chi connectivity index (χ4v) is 5.45. The van der Waals surface area contributed by atoms with E-state index in [4.69, 9.17) is 16.3 Å². The second-order valence-electron chi connectivity index (χ2n) is 10.7. The van der Waals surface area contributed by atoms with Crippen molar-refractivity contribution in [1.82, 2.24) is 14.5 Å². The summed E-state index contributed by atoms with van der Waals surface area (Å²) in [6.45, 7) is 6.09. The molecule has 0 aliphatic heterocycles. The van der Waals surface area contributed by atoms with Crippen LogP contribution in [0.25, 0.3) is 10.9 Å². The summed E-state index contributed by atoms with van der Waals surface area (Å²) in [6.07, 6.45) is 7.45. The number of unbranched alkanes of at least 4 members (excludes halogenated alkanes) is 4. The van der Waals surface area contributed by atoms with Gasteiger partial charge in [0.2, 0.25) is 0 Å². The van der Waals surface area contributed by atoms with Crippen molar-refractivity contribution >= 4 is 40.7 Å². The maximum absolute atomic E-state index is 13.5. The van der Waals surface area contributed by atoms with E-state index in [9.17, 15) is 14.4 Å². The van der Waals surface area contributed by atoms with Crippen LogP contribution in [-0.2, 0) is 27.3 Å². The molecule has 0 radical (unpaired) electrons. The number of pyridine rings is 1. The highest BCUT2D eigenvalue weighted by molar-refractivity contribution is 6.30. The fraction of sp³-hybridized carbons (Fsp3) is 0.353. The van der Waals surface area contributed by atoms with E-state index in [1.807, 2.05) is 44.2 Å². The molecular weight excluding hydrogens is 550 g/mol.